The highest BCUT2D eigenvalue weighted by Crippen LogP contribution is 2.25. The molecule has 3 aromatic rings. The molecule has 1 atom stereocenters. The maximum Gasteiger partial charge on any atom is 0.242 e. The molecule has 0 bridgehead atoms. The van der Waals surface area contributed by atoms with Gasteiger partial charge in [0.05, 0.1) is 22.0 Å². The first-order chi connectivity index (χ1) is 11.0. The van der Waals surface area contributed by atoms with E-state index in [9.17, 15) is 4.79 Å². The molecular weight excluding hydrogens is 310 g/mol. The number of para-hydroxylation sites is 1. The molecule has 0 aliphatic heterocycles. The first-order valence-corrected chi connectivity index (χ1v) is 8.39. The fraction of sp³-hybridized carbons (Fsp3) is 0.375. The molecule has 2 heterocycles. The van der Waals surface area contributed by atoms with E-state index in [1.165, 1.54) is 0 Å². The molecule has 0 unspecified atom stereocenters. The normalized spacial score (nSPS) is 12.7. The summed E-state index contributed by atoms with van der Waals surface area (Å²) in [7, 11) is 0. The van der Waals surface area contributed by atoms with Crippen molar-refractivity contribution in [2.45, 2.75) is 39.3 Å². The molecule has 0 aliphatic rings. The van der Waals surface area contributed by atoms with E-state index in [0.717, 1.165) is 20.9 Å². The van der Waals surface area contributed by atoms with E-state index >= 15 is 0 Å². The van der Waals surface area contributed by atoms with Gasteiger partial charge in [-0.2, -0.15) is 0 Å². The van der Waals surface area contributed by atoms with Crippen LogP contribution in [0, 0.1) is 0 Å². The van der Waals surface area contributed by atoms with E-state index in [2.05, 4.69) is 20.6 Å². The van der Waals surface area contributed by atoms with Gasteiger partial charge in [-0.15, -0.1) is 16.4 Å². The van der Waals surface area contributed by atoms with Crippen molar-refractivity contribution in [2.24, 2.45) is 0 Å². The fourth-order valence-corrected chi connectivity index (χ4v) is 3.20. The standard InChI is InChI=1S/C16H19N5OS/c1-10(2)13-8-21(20-19-13)9-15(22)17-11(3)16-18-12-6-4-5-7-14(12)23-16/h4-8,10-11H,9H2,1-3H3,(H,17,22)/t11-/m1/s1. The summed E-state index contributed by atoms with van der Waals surface area (Å²) < 4.78 is 2.69. The second kappa shape index (κ2) is 6.45. The van der Waals surface area contributed by atoms with Gasteiger partial charge in [-0.25, -0.2) is 9.67 Å². The van der Waals surface area contributed by atoms with Gasteiger partial charge in [0.2, 0.25) is 5.91 Å². The monoisotopic (exact) mass is 329 g/mol. The quantitative estimate of drug-likeness (QED) is 0.781. The topological polar surface area (TPSA) is 72.7 Å². The van der Waals surface area contributed by atoms with Crippen LogP contribution in [0.1, 0.15) is 43.4 Å². The number of aromatic nitrogens is 4. The zero-order valence-electron chi connectivity index (χ0n) is 13.4. The van der Waals surface area contributed by atoms with E-state index < -0.39 is 0 Å². The number of carbonyl (C=O) groups is 1. The van der Waals surface area contributed by atoms with E-state index in [4.69, 9.17) is 0 Å². The molecule has 23 heavy (non-hydrogen) atoms. The smallest absolute Gasteiger partial charge is 0.242 e. The molecule has 0 saturated heterocycles. The highest BCUT2D eigenvalue weighted by Gasteiger charge is 2.15. The lowest BCUT2D eigenvalue weighted by Crippen LogP contribution is -2.30. The van der Waals surface area contributed by atoms with Crippen LogP contribution < -0.4 is 5.32 Å². The molecule has 1 N–H and O–H groups in total. The minimum absolute atomic E-state index is 0.100. The number of benzene rings is 1. The molecule has 3 rings (SSSR count). The summed E-state index contributed by atoms with van der Waals surface area (Å²) in [6, 6.07) is 7.84. The Hall–Kier alpha value is -2.28. The molecule has 2 aromatic heterocycles. The van der Waals surface area contributed by atoms with Crippen LogP contribution in [0.25, 0.3) is 10.2 Å². The van der Waals surface area contributed by atoms with Crippen molar-refractivity contribution in [3.8, 4) is 0 Å². The molecule has 0 fully saturated rings. The lowest BCUT2D eigenvalue weighted by atomic mass is 10.2. The van der Waals surface area contributed by atoms with Gasteiger partial charge in [0, 0.05) is 6.20 Å². The van der Waals surface area contributed by atoms with Crippen LogP contribution in [0.15, 0.2) is 30.5 Å². The number of hydrogen-bond donors (Lipinski definition) is 1. The summed E-state index contributed by atoms with van der Waals surface area (Å²) in [5.41, 5.74) is 1.85. The minimum Gasteiger partial charge on any atom is -0.346 e. The van der Waals surface area contributed by atoms with Crippen molar-refractivity contribution in [2.75, 3.05) is 0 Å². The third-order valence-corrected chi connectivity index (χ3v) is 4.73. The number of nitrogens with zero attached hydrogens (tertiary/aromatic N) is 4. The number of thiazole rings is 1. The summed E-state index contributed by atoms with van der Waals surface area (Å²) in [5, 5.41) is 11.9. The molecular formula is C16H19N5OS. The molecule has 0 saturated carbocycles. The highest BCUT2D eigenvalue weighted by molar-refractivity contribution is 7.18. The van der Waals surface area contributed by atoms with Crippen LogP contribution in [0.2, 0.25) is 0 Å². The zero-order chi connectivity index (χ0) is 16.4. The summed E-state index contributed by atoms with van der Waals surface area (Å²) in [4.78, 5) is 16.7. The van der Waals surface area contributed by atoms with Gasteiger partial charge in [-0.05, 0) is 25.0 Å². The second-order valence-electron chi connectivity index (χ2n) is 5.80. The Morgan fingerprint density at radius 1 is 1.30 bits per heavy atom. The largest absolute Gasteiger partial charge is 0.346 e. The third kappa shape index (κ3) is 3.56. The van der Waals surface area contributed by atoms with Gasteiger partial charge in [0.25, 0.3) is 0 Å². The average molecular weight is 329 g/mol. The number of nitrogens with one attached hydrogen (secondary N) is 1. The van der Waals surface area contributed by atoms with Crippen LogP contribution in [-0.2, 0) is 11.3 Å². The fourth-order valence-electron chi connectivity index (χ4n) is 2.23. The Kier molecular flexibility index (Phi) is 4.38. The molecule has 120 valence electrons. The first kappa shape index (κ1) is 15.6. The molecule has 0 spiro atoms. The molecule has 0 radical (unpaired) electrons. The van der Waals surface area contributed by atoms with Crippen LogP contribution in [0.3, 0.4) is 0 Å². The SMILES string of the molecule is CC(C)c1cn(CC(=O)N[C@H](C)c2nc3ccccc3s2)nn1. The van der Waals surface area contributed by atoms with Gasteiger partial charge in [-0.1, -0.05) is 31.2 Å². The molecule has 0 aliphatic carbocycles. The van der Waals surface area contributed by atoms with Gasteiger partial charge >= 0.3 is 0 Å². The predicted octanol–water partition coefficient (Wildman–Crippen LogP) is 2.89. The Morgan fingerprint density at radius 2 is 2.09 bits per heavy atom. The number of rotatable bonds is 5. The zero-order valence-corrected chi connectivity index (χ0v) is 14.2. The average Bonchev–Trinajstić information content (AvgIpc) is 3.13. The Labute approximate surface area is 138 Å². The van der Waals surface area contributed by atoms with Crippen molar-refractivity contribution in [3.05, 3.63) is 41.2 Å². The Balaban J connectivity index is 1.64. The Morgan fingerprint density at radius 3 is 2.78 bits per heavy atom. The van der Waals surface area contributed by atoms with Crippen LogP contribution in [0.4, 0.5) is 0 Å². The van der Waals surface area contributed by atoms with Crippen molar-refractivity contribution >= 4 is 27.5 Å². The van der Waals surface area contributed by atoms with Crippen molar-refractivity contribution in [3.63, 3.8) is 0 Å². The summed E-state index contributed by atoms with van der Waals surface area (Å²) in [5.74, 6) is 0.199. The molecule has 1 amide bonds. The third-order valence-electron chi connectivity index (χ3n) is 3.51. The Bertz CT molecular complexity index is 790. The van der Waals surface area contributed by atoms with Crippen molar-refractivity contribution < 1.29 is 4.79 Å². The summed E-state index contributed by atoms with van der Waals surface area (Å²) in [6.07, 6.45) is 1.81. The van der Waals surface area contributed by atoms with Gasteiger partial charge < -0.3 is 5.32 Å². The van der Waals surface area contributed by atoms with Gasteiger partial charge in [-0.3, -0.25) is 4.79 Å². The number of carbonyl (C=O) groups excluding carboxylic acids is 1. The molecule has 7 heteroatoms. The van der Waals surface area contributed by atoms with E-state index in [0.29, 0.717) is 5.92 Å². The minimum atomic E-state index is -0.131. The summed E-state index contributed by atoms with van der Waals surface area (Å²) >= 11 is 1.60. The maximum atomic E-state index is 12.2. The number of hydrogen-bond acceptors (Lipinski definition) is 5. The predicted molar refractivity (Wildman–Crippen MR) is 90.3 cm³/mol. The second-order valence-corrected chi connectivity index (χ2v) is 6.87. The van der Waals surface area contributed by atoms with E-state index in [1.54, 1.807) is 16.0 Å². The first-order valence-electron chi connectivity index (χ1n) is 7.58. The lowest BCUT2D eigenvalue weighted by molar-refractivity contribution is -0.122. The van der Waals surface area contributed by atoms with Crippen LogP contribution in [0.5, 0.6) is 0 Å². The highest BCUT2D eigenvalue weighted by atomic mass is 32.1. The number of amides is 1. The number of fused-ring (bicyclic) bond motifs is 1. The van der Waals surface area contributed by atoms with Crippen molar-refractivity contribution in [1.29, 1.82) is 0 Å². The van der Waals surface area contributed by atoms with Gasteiger partial charge in [0.15, 0.2) is 0 Å². The lowest BCUT2D eigenvalue weighted by Gasteiger charge is -2.10. The molecule has 1 aromatic carbocycles. The molecule has 6 nitrogen and oxygen atoms in total. The van der Waals surface area contributed by atoms with Crippen LogP contribution >= 0.6 is 11.3 Å². The van der Waals surface area contributed by atoms with Crippen LogP contribution in [-0.4, -0.2) is 25.9 Å². The van der Waals surface area contributed by atoms with Gasteiger partial charge in [0.1, 0.15) is 11.6 Å². The van der Waals surface area contributed by atoms with E-state index in [1.807, 2.05) is 51.2 Å². The van der Waals surface area contributed by atoms with E-state index in [-0.39, 0.29) is 18.5 Å². The summed E-state index contributed by atoms with van der Waals surface area (Å²) in [6.45, 7) is 6.19. The van der Waals surface area contributed by atoms with Crippen molar-refractivity contribution in [1.82, 2.24) is 25.3 Å². The maximum absolute atomic E-state index is 12.2.